The molecule has 0 atom stereocenters. The molecule has 0 radical (unpaired) electrons. The Balaban J connectivity index is 0.000000226. The van der Waals surface area contributed by atoms with Crippen LogP contribution in [0, 0.1) is 0 Å². The summed E-state index contributed by atoms with van der Waals surface area (Å²) in [5.41, 5.74) is 6.01. The van der Waals surface area contributed by atoms with Gasteiger partial charge in [-0.2, -0.15) is 9.97 Å². The van der Waals surface area contributed by atoms with E-state index in [0.29, 0.717) is 86.1 Å². The first-order valence-electron chi connectivity index (χ1n) is 24.6. The highest BCUT2D eigenvalue weighted by atomic mass is 35.5. The van der Waals surface area contributed by atoms with E-state index < -0.39 is 58.8 Å². The first kappa shape index (κ1) is 59.5. The maximum absolute atomic E-state index is 13.3. The zero-order chi connectivity index (χ0) is 56.3. The number of aromatic nitrogens is 4. The third kappa shape index (κ3) is 14.0. The second kappa shape index (κ2) is 26.7. The van der Waals surface area contributed by atoms with Crippen molar-refractivity contribution in [1.82, 2.24) is 38.3 Å². The van der Waals surface area contributed by atoms with Crippen molar-refractivity contribution in [2.24, 2.45) is 0 Å². The number of nitrogens with one attached hydrogen (secondary N) is 4. The van der Waals surface area contributed by atoms with Gasteiger partial charge in [0.05, 0.1) is 61.4 Å². The van der Waals surface area contributed by atoms with Crippen molar-refractivity contribution in [1.29, 1.82) is 0 Å². The Bertz CT molecular complexity index is 3060. The fourth-order valence-corrected chi connectivity index (χ4v) is 11.1. The molecule has 0 saturated heterocycles. The molecule has 78 heavy (non-hydrogen) atoms. The Morgan fingerprint density at radius 1 is 0.538 bits per heavy atom. The van der Waals surface area contributed by atoms with Crippen LogP contribution in [0.2, 0.25) is 10.0 Å². The summed E-state index contributed by atoms with van der Waals surface area (Å²) in [5.74, 6) is 1.96. The van der Waals surface area contributed by atoms with E-state index in [2.05, 4.69) is 41.2 Å². The Hall–Kier alpha value is -6.12. The normalized spacial score (nSPS) is 14.3. The van der Waals surface area contributed by atoms with E-state index in [0.717, 1.165) is 30.9 Å². The highest BCUT2D eigenvalue weighted by Crippen LogP contribution is 2.37. The van der Waals surface area contributed by atoms with E-state index in [4.69, 9.17) is 32.7 Å². The lowest BCUT2D eigenvalue weighted by molar-refractivity contribution is 0.144. The molecule has 4 N–H and O–H groups in total. The minimum absolute atomic E-state index is 0.0726. The lowest BCUT2D eigenvalue weighted by Gasteiger charge is -2.25. The van der Waals surface area contributed by atoms with Gasteiger partial charge >= 0.3 is 0 Å². The summed E-state index contributed by atoms with van der Waals surface area (Å²) in [6, 6.07) is 19.1. The van der Waals surface area contributed by atoms with Crippen molar-refractivity contribution >= 4 is 89.5 Å². The predicted molar refractivity (Wildman–Crippen MR) is 297 cm³/mol. The number of benzene rings is 4. The number of rotatable bonds is 20. The maximum Gasteiger partial charge on any atom is 0.244 e. The zero-order valence-corrected chi connectivity index (χ0v) is 47.0. The molecule has 0 bridgehead atoms. The molecule has 4 heterocycles. The predicted octanol–water partition coefficient (Wildman–Crippen LogP) is 9.17. The van der Waals surface area contributed by atoms with E-state index in [1.807, 2.05) is 34.1 Å². The summed E-state index contributed by atoms with van der Waals surface area (Å²) in [6.45, 7) is -0.700. The van der Waals surface area contributed by atoms with Crippen LogP contribution in [0.4, 0.5) is 63.8 Å². The summed E-state index contributed by atoms with van der Waals surface area (Å²) >= 11 is 12.7. The van der Waals surface area contributed by atoms with Crippen LogP contribution in [0.25, 0.3) is 0 Å². The van der Waals surface area contributed by atoms with Gasteiger partial charge in [0.1, 0.15) is 58.0 Å². The highest BCUT2D eigenvalue weighted by Gasteiger charge is 2.27. The number of para-hydroxylation sites is 2. The molecule has 2 aliphatic rings. The summed E-state index contributed by atoms with van der Waals surface area (Å²) < 4.78 is 118. The van der Waals surface area contributed by atoms with Crippen LogP contribution >= 0.6 is 23.2 Å². The minimum Gasteiger partial charge on any atom is -0.495 e. The van der Waals surface area contributed by atoms with E-state index >= 15 is 0 Å². The van der Waals surface area contributed by atoms with Crippen LogP contribution < -0.4 is 30.7 Å². The lowest BCUT2D eigenvalue weighted by Crippen LogP contribution is -2.40. The van der Waals surface area contributed by atoms with Gasteiger partial charge in [0.25, 0.3) is 0 Å². The first-order chi connectivity index (χ1) is 37.3. The molecule has 0 unspecified atom stereocenters. The van der Waals surface area contributed by atoms with Crippen LogP contribution in [0.15, 0.2) is 95.0 Å². The van der Waals surface area contributed by atoms with E-state index in [9.17, 15) is 34.4 Å². The number of hydrogen-bond acceptors (Lipinski definition) is 16. The van der Waals surface area contributed by atoms with Gasteiger partial charge < -0.3 is 30.7 Å². The van der Waals surface area contributed by atoms with Crippen molar-refractivity contribution in [3.8, 4) is 11.5 Å². The summed E-state index contributed by atoms with van der Waals surface area (Å²) in [7, 11) is 1.48. The van der Waals surface area contributed by atoms with E-state index in [1.54, 1.807) is 50.6 Å². The molecule has 0 aliphatic carbocycles. The maximum atomic E-state index is 13.3. The second-order valence-electron chi connectivity index (χ2n) is 18.5. The number of nitrogens with zero attached hydrogens (tertiary/aromatic N) is 8. The molecule has 0 fully saturated rings. The molecule has 420 valence electrons. The zero-order valence-electron chi connectivity index (χ0n) is 43.8. The van der Waals surface area contributed by atoms with E-state index in [1.165, 1.54) is 52.7 Å². The molecule has 0 spiro atoms. The van der Waals surface area contributed by atoms with Gasteiger partial charge in [0.2, 0.25) is 31.9 Å². The SMILES string of the molecule is COc1cc2c(cc1Nc1ncc(Cl)c(Nc3ccccc3S(=O)(=O)N(C)C)n1)CCN(C(CF)CF)CC2.COc1cc2c(cc1Nc1ncc(Cl)c(Nc3ccccc3S(=O)(=O)N(C)C)n1)CCN(C(CF)CF)CC2. The number of hydrogen-bond donors (Lipinski definition) is 4. The van der Waals surface area contributed by atoms with Gasteiger partial charge in [-0.05, 0) is 96.5 Å². The molecule has 2 aliphatic heterocycles. The molecule has 4 aromatic carbocycles. The number of sulfonamides is 2. The fraction of sp³-hybridized carbons (Fsp3) is 0.385. The minimum atomic E-state index is -3.73. The molecule has 26 heteroatoms. The summed E-state index contributed by atoms with van der Waals surface area (Å²) in [4.78, 5) is 21.3. The second-order valence-corrected chi connectivity index (χ2v) is 23.5. The van der Waals surface area contributed by atoms with Crippen LogP contribution in [-0.4, -0.2) is 163 Å². The fourth-order valence-electron chi connectivity index (χ4n) is 8.79. The smallest absolute Gasteiger partial charge is 0.244 e. The van der Waals surface area contributed by atoms with Gasteiger partial charge in [-0.1, -0.05) is 47.5 Å². The number of alkyl halides is 4. The molecule has 0 saturated carbocycles. The molecule has 6 aromatic rings. The number of anilines is 8. The van der Waals surface area contributed by atoms with Crippen LogP contribution in [0.3, 0.4) is 0 Å². The van der Waals surface area contributed by atoms with Gasteiger partial charge in [-0.3, -0.25) is 9.80 Å². The number of halogens is 6. The van der Waals surface area contributed by atoms with Crippen molar-refractivity contribution in [3.05, 3.63) is 117 Å². The summed E-state index contributed by atoms with van der Waals surface area (Å²) in [5, 5.41) is 12.7. The quantitative estimate of drug-likeness (QED) is 0.0527. The summed E-state index contributed by atoms with van der Waals surface area (Å²) in [6.07, 6.45) is 5.34. The van der Waals surface area contributed by atoms with Gasteiger partial charge in [-0.15, -0.1) is 0 Å². The number of ether oxygens (including phenoxy) is 2. The van der Waals surface area contributed by atoms with Gasteiger partial charge in [0.15, 0.2) is 11.6 Å². The average molecular weight is 1160 g/mol. The van der Waals surface area contributed by atoms with Crippen molar-refractivity contribution in [2.45, 2.75) is 47.6 Å². The third-order valence-corrected chi connectivity index (χ3v) is 17.5. The molecule has 8 rings (SSSR count). The molecular weight excluding hydrogens is 1100 g/mol. The lowest BCUT2D eigenvalue weighted by atomic mass is 10.0. The van der Waals surface area contributed by atoms with Crippen LogP contribution in [0.1, 0.15) is 22.3 Å². The van der Waals surface area contributed by atoms with Gasteiger partial charge in [0, 0.05) is 54.4 Å². The number of fused-ring (bicyclic) bond motifs is 2. The van der Waals surface area contributed by atoms with E-state index in [-0.39, 0.29) is 43.4 Å². The van der Waals surface area contributed by atoms with Crippen LogP contribution in [0.5, 0.6) is 11.5 Å². The largest absolute Gasteiger partial charge is 0.495 e. The first-order valence-corrected chi connectivity index (χ1v) is 28.3. The molecule has 0 amide bonds. The Morgan fingerprint density at radius 2 is 0.872 bits per heavy atom. The van der Waals surface area contributed by atoms with Gasteiger partial charge in [-0.25, -0.2) is 53.0 Å². The Morgan fingerprint density at radius 3 is 1.19 bits per heavy atom. The highest BCUT2D eigenvalue weighted by molar-refractivity contribution is 7.89. The Kier molecular flexibility index (Phi) is 20.4. The van der Waals surface area contributed by atoms with Crippen molar-refractivity contribution in [2.75, 3.05) is 117 Å². The standard InChI is InChI=1S/2C26H31ClF2N6O3S/c2*1-34(2)39(36,37)24-7-5-4-6-21(24)31-25-20(27)16-30-26(33-25)32-22-12-17-8-10-35(19(14-28)15-29)11-9-18(17)13-23(22)38-3/h2*4-7,12-13,16,19H,8-11,14-15H2,1-3H3,(H2,30,31,32,33). The van der Waals surface area contributed by atoms with Crippen molar-refractivity contribution < 1.29 is 43.9 Å². The molecule has 2 aromatic heterocycles. The third-order valence-electron chi connectivity index (χ3n) is 13.2. The number of methoxy groups -OCH3 is 2. The molecular formula is C52H62Cl2F4N12O6S2. The Labute approximate surface area is 462 Å². The monoisotopic (exact) mass is 1160 g/mol. The van der Waals surface area contributed by atoms with Crippen LogP contribution in [-0.2, 0) is 45.7 Å². The topological polar surface area (TPSA) is 199 Å². The van der Waals surface area contributed by atoms with Crippen molar-refractivity contribution in [3.63, 3.8) is 0 Å². The molecule has 18 nitrogen and oxygen atoms in total. The average Bonchev–Trinajstić information content (AvgIpc) is 3.79.